The van der Waals surface area contributed by atoms with Gasteiger partial charge in [-0.1, -0.05) is 49.4 Å². The lowest BCUT2D eigenvalue weighted by molar-refractivity contribution is -0.162. The number of aliphatic hydroxyl groups excluding tert-OH is 3. The molecule has 0 saturated heterocycles. The Balaban J connectivity index is 1.56. The van der Waals surface area contributed by atoms with Crippen molar-refractivity contribution in [2.75, 3.05) is 20.6 Å². The topological polar surface area (TPSA) is 194 Å². The van der Waals surface area contributed by atoms with Gasteiger partial charge in [-0.05, 0) is 44.1 Å². The van der Waals surface area contributed by atoms with Crippen molar-refractivity contribution in [2.45, 2.75) is 43.6 Å². The summed E-state index contributed by atoms with van der Waals surface area (Å²) in [6.07, 6.45) is -0.871. The van der Waals surface area contributed by atoms with E-state index >= 15 is 0 Å². The van der Waals surface area contributed by atoms with Crippen molar-refractivity contribution < 1.29 is 39.9 Å². The van der Waals surface area contributed by atoms with Gasteiger partial charge in [0, 0.05) is 23.6 Å². The van der Waals surface area contributed by atoms with E-state index in [1.165, 1.54) is 19.0 Å². The van der Waals surface area contributed by atoms with Crippen LogP contribution in [0.25, 0.3) is 0 Å². The van der Waals surface area contributed by atoms with Crippen LogP contribution in [-0.4, -0.2) is 86.3 Å². The van der Waals surface area contributed by atoms with Crippen LogP contribution in [0.4, 0.5) is 0 Å². The summed E-state index contributed by atoms with van der Waals surface area (Å²) in [6, 6.07) is 11.9. The number of nitrogens with zero attached hydrogens (tertiary/aromatic N) is 1. The molecule has 0 saturated carbocycles. The number of rotatable bonds is 7. The van der Waals surface area contributed by atoms with E-state index in [1.54, 1.807) is 19.1 Å². The van der Waals surface area contributed by atoms with E-state index in [-0.39, 0.29) is 17.9 Å². The molecule has 0 radical (unpaired) electrons. The zero-order chi connectivity index (χ0) is 30.7. The second kappa shape index (κ2) is 10.7. The Bertz CT molecular complexity index is 1530. The number of hydrogen-bond acceptors (Lipinski definition) is 10. The van der Waals surface area contributed by atoms with E-state index < -0.39 is 75.6 Å². The molecule has 3 aliphatic carbocycles. The smallest absolute Gasteiger partial charge is 0.255 e. The summed E-state index contributed by atoms with van der Waals surface area (Å²) in [5.41, 5.74) is 2.97. The SMILES string of the molecule is C[C@H]1c2ccc(CNCCc3ccccc3)c(O)c2C(=O)C2=C(O)[C@]3(O)C(=O)C(C(N)=O)=C(O)[C@@H](N(C)C)[C@@H]3[C@@H](O)[C@@H]21. The summed E-state index contributed by atoms with van der Waals surface area (Å²) in [5.74, 6) is -8.96. The Labute approximate surface area is 242 Å². The van der Waals surface area contributed by atoms with Gasteiger partial charge >= 0.3 is 0 Å². The van der Waals surface area contributed by atoms with Crippen molar-refractivity contribution in [1.82, 2.24) is 10.2 Å². The predicted molar refractivity (Wildman–Crippen MR) is 152 cm³/mol. The zero-order valence-electron chi connectivity index (χ0n) is 23.5. The number of amides is 1. The standard InChI is InChI=1S/C31H35N3O8/c1-14-17-10-9-16(13-33-12-11-15-7-5-4-6-8-15)24(35)19(17)25(36)20-18(14)26(37)22-23(34(2)3)27(38)21(30(32)41)29(40)31(22,42)28(20)39/h4-10,14,18,22-23,26,33,35,37-39,42H,11-13H2,1-3H3,(H2,32,41)/t14-,18+,22+,23-,26-,31-/m0/s1. The molecule has 5 rings (SSSR count). The van der Waals surface area contributed by atoms with Crippen molar-refractivity contribution in [1.29, 1.82) is 0 Å². The van der Waals surface area contributed by atoms with Crippen LogP contribution in [0.2, 0.25) is 0 Å². The quantitative estimate of drug-likeness (QED) is 0.184. The van der Waals surface area contributed by atoms with Gasteiger partial charge in [0.05, 0.1) is 23.6 Å². The first kappa shape index (κ1) is 29.5. The number of hydrogen-bond donors (Lipinski definition) is 7. The van der Waals surface area contributed by atoms with E-state index in [0.717, 1.165) is 12.0 Å². The Hall–Kier alpha value is -4.03. The number of phenolic OH excluding ortho intramolecular Hbond substituents is 1. The highest BCUT2D eigenvalue weighted by Gasteiger charge is 2.67. The normalized spacial score (nSPS) is 29.0. The molecule has 6 atom stereocenters. The molecule has 0 fully saturated rings. The minimum absolute atomic E-state index is 0.0992. The number of carbonyl (C=O) groups is 3. The first-order valence-electron chi connectivity index (χ1n) is 13.8. The summed E-state index contributed by atoms with van der Waals surface area (Å²) >= 11 is 0. The van der Waals surface area contributed by atoms with E-state index in [2.05, 4.69) is 5.32 Å². The molecule has 11 heteroatoms. The number of aromatic hydroxyl groups is 1. The summed E-state index contributed by atoms with van der Waals surface area (Å²) in [6.45, 7) is 2.55. The van der Waals surface area contributed by atoms with Crippen LogP contribution in [0.3, 0.4) is 0 Å². The van der Waals surface area contributed by atoms with Crippen LogP contribution < -0.4 is 11.1 Å². The third kappa shape index (κ3) is 4.23. The Morgan fingerprint density at radius 2 is 1.74 bits per heavy atom. The van der Waals surface area contributed by atoms with Gasteiger partial charge in [-0.2, -0.15) is 0 Å². The lowest BCUT2D eigenvalue weighted by Crippen LogP contribution is -2.68. The van der Waals surface area contributed by atoms with E-state index in [9.17, 15) is 39.9 Å². The van der Waals surface area contributed by atoms with Crippen molar-refractivity contribution >= 4 is 17.5 Å². The molecular formula is C31H35N3O8. The third-order valence-electron chi connectivity index (χ3n) is 8.96. The fraction of sp³-hybridized carbons (Fsp3) is 0.387. The van der Waals surface area contributed by atoms with Gasteiger partial charge in [0.2, 0.25) is 5.78 Å². The molecule has 3 aliphatic rings. The molecule has 0 aliphatic heterocycles. The highest BCUT2D eigenvalue weighted by molar-refractivity contribution is 6.25. The van der Waals surface area contributed by atoms with Gasteiger partial charge in [-0.25, -0.2) is 0 Å². The molecule has 222 valence electrons. The number of nitrogens with two attached hydrogens (primary N) is 1. The average molecular weight is 578 g/mol. The summed E-state index contributed by atoms with van der Waals surface area (Å²) in [7, 11) is 2.99. The number of aliphatic hydroxyl groups is 4. The van der Waals surface area contributed by atoms with Gasteiger partial charge in [0.25, 0.3) is 5.91 Å². The van der Waals surface area contributed by atoms with E-state index in [0.29, 0.717) is 17.7 Å². The molecule has 1 amide bonds. The maximum atomic E-state index is 14.0. The fourth-order valence-corrected chi connectivity index (χ4v) is 6.91. The van der Waals surface area contributed by atoms with Crippen LogP contribution in [0.15, 0.2) is 65.1 Å². The number of ketones is 2. The highest BCUT2D eigenvalue weighted by atomic mass is 16.4. The predicted octanol–water partition coefficient (Wildman–Crippen LogP) is 0.985. The maximum absolute atomic E-state index is 14.0. The van der Waals surface area contributed by atoms with Crippen molar-refractivity contribution in [2.24, 2.45) is 17.6 Å². The molecule has 0 unspecified atom stereocenters. The third-order valence-corrected chi connectivity index (χ3v) is 8.96. The molecule has 11 nitrogen and oxygen atoms in total. The van der Waals surface area contributed by atoms with Crippen LogP contribution in [-0.2, 0) is 22.6 Å². The minimum Gasteiger partial charge on any atom is -0.510 e. The molecule has 2 aromatic carbocycles. The maximum Gasteiger partial charge on any atom is 0.255 e. The molecule has 42 heavy (non-hydrogen) atoms. The lowest BCUT2D eigenvalue weighted by atomic mass is 9.55. The first-order valence-corrected chi connectivity index (χ1v) is 13.8. The molecule has 8 N–H and O–H groups in total. The van der Waals surface area contributed by atoms with Crippen LogP contribution in [0.1, 0.15) is 39.9 Å². The number of likely N-dealkylation sites (N-methyl/N-ethyl adjacent to an activating group) is 1. The van der Waals surface area contributed by atoms with Crippen molar-refractivity contribution in [3.05, 3.63) is 87.4 Å². The van der Waals surface area contributed by atoms with Crippen LogP contribution in [0.5, 0.6) is 5.75 Å². The summed E-state index contributed by atoms with van der Waals surface area (Å²) < 4.78 is 0. The molecule has 0 aromatic heterocycles. The van der Waals surface area contributed by atoms with E-state index in [4.69, 9.17) is 5.73 Å². The first-order chi connectivity index (χ1) is 19.8. The second-order valence-electron chi connectivity index (χ2n) is 11.5. The largest absolute Gasteiger partial charge is 0.510 e. The number of nitrogens with one attached hydrogen (secondary N) is 1. The monoisotopic (exact) mass is 577 g/mol. The van der Waals surface area contributed by atoms with Gasteiger partial charge < -0.3 is 36.6 Å². The number of Topliss-reactive ketones (excluding diaryl/α,β-unsaturated/α-hetero) is 2. The Morgan fingerprint density at radius 1 is 1.07 bits per heavy atom. The summed E-state index contributed by atoms with van der Waals surface area (Å²) in [5, 5.41) is 60.3. The van der Waals surface area contributed by atoms with Crippen LogP contribution in [0, 0.1) is 11.8 Å². The minimum atomic E-state index is -2.93. The zero-order valence-corrected chi connectivity index (χ0v) is 23.5. The highest BCUT2D eigenvalue weighted by Crippen LogP contribution is 2.55. The molecular weight excluding hydrogens is 542 g/mol. The Kier molecular flexibility index (Phi) is 7.48. The molecule has 0 heterocycles. The number of fused-ring (bicyclic) bond motifs is 3. The number of primary amides is 1. The number of carbonyl (C=O) groups excluding carboxylic acids is 3. The van der Waals surface area contributed by atoms with Gasteiger partial charge in [-0.3, -0.25) is 19.3 Å². The summed E-state index contributed by atoms with van der Waals surface area (Å²) in [4.78, 5) is 41.0. The van der Waals surface area contributed by atoms with Crippen molar-refractivity contribution in [3.8, 4) is 5.75 Å². The van der Waals surface area contributed by atoms with Gasteiger partial charge in [0.15, 0.2) is 11.4 Å². The molecule has 0 bridgehead atoms. The average Bonchev–Trinajstić information content (AvgIpc) is 2.94. The van der Waals surface area contributed by atoms with Gasteiger partial charge in [0.1, 0.15) is 22.8 Å². The van der Waals surface area contributed by atoms with E-state index in [1.807, 2.05) is 30.3 Å². The lowest BCUT2D eigenvalue weighted by Gasteiger charge is -2.53. The Morgan fingerprint density at radius 3 is 2.36 bits per heavy atom. The fourth-order valence-electron chi connectivity index (χ4n) is 6.91. The molecule has 2 aromatic rings. The number of phenols is 1. The van der Waals surface area contributed by atoms with Crippen LogP contribution >= 0.6 is 0 Å². The van der Waals surface area contributed by atoms with Crippen molar-refractivity contribution in [3.63, 3.8) is 0 Å². The second-order valence-corrected chi connectivity index (χ2v) is 11.5. The number of benzene rings is 2. The van der Waals surface area contributed by atoms with Gasteiger partial charge in [-0.15, -0.1) is 0 Å². The molecule has 0 spiro atoms.